The molecular formula is C19H18ClFN4O2. The molecule has 0 spiro atoms. The molecule has 27 heavy (non-hydrogen) atoms. The van der Waals surface area contributed by atoms with Crippen molar-refractivity contribution in [1.82, 2.24) is 14.6 Å². The topological polar surface area (TPSA) is 68.2 Å². The van der Waals surface area contributed by atoms with Crippen molar-refractivity contribution in [2.45, 2.75) is 12.0 Å². The maximum atomic E-state index is 13.2. The third-order valence-corrected chi connectivity index (χ3v) is 5.19. The number of ether oxygens (including phenoxy) is 1. The van der Waals surface area contributed by atoms with E-state index in [0.717, 1.165) is 17.5 Å². The molecule has 0 radical (unpaired) electrons. The first-order valence-corrected chi connectivity index (χ1v) is 8.88. The summed E-state index contributed by atoms with van der Waals surface area (Å²) in [7, 11) is 1.54. The molecule has 6 nitrogen and oxygen atoms in total. The number of amides is 1. The molecule has 1 aliphatic rings. The fourth-order valence-electron chi connectivity index (χ4n) is 3.36. The quantitative estimate of drug-likeness (QED) is 0.720. The Kier molecular flexibility index (Phi) is 4.59. The number of benzene rings is 2. The zero-order valence-corrected chi connectivity index (χ0v) is 15.4. The van der Waals surface area contributed by atoms with Crippen molar-refractivity contribution in [3.63, 3.8) is 0 Å². The number of hydrogen-bond acceptors (Lipinski definition) is 4. The van der Waals surface area contributed by atoms with E-state index in [4.69, 9.17) is 16.5 Å². The standard InChI is InChI=1S/C19H18ClFN4O2/c1-27-19(8-9-22-11-19)18(26)23-14-6-7-16-15(10-14)17(24-25(16)20)12-2-4-13(21)5-3-12/h2-7,10,22H,8-9,11H2,1H3,(H,23,26)/t19-/m0/s1. The van der Waals surface area contributed by atoms with Crippen LogP contribution in [-0.4, -0.2) is 41.0 Å². The van der Waals surface area contributed by atoms with Gasteiger partial charge in [0.25, 0.3) is 5.91 Å². The lowest BCUT2D eigenvalue weighted by molar-refractivity contribution is -0.135. The van der Waals surface area contributed by atoms with Crippen molar-refractivity contribution in [1.29, 1.82) is 0 Å². The van der Waals surface area contributed by atoms with E-state index in [0.29, 0.717) is 29.9 Å². The van der Waals surface area contributed by atoms with E-state index in [1.54, 1.807) is 31.4 Å². The van der Waals surface area contributed by atoms with Crippen LogP contribution in [0.4, 0.5) is 10.1 Å². The Balaban J connectivity index is 1.70. The summed E-state index contributed by atoms with van der Waals surface area (Å²) in [5.41, 5.74) is 1.78. The van der Waals surface area contributed by atoms with Gasteiger partial charge in [0.05, 0.1) is 5.52 Å². The van der Waals surface area contributed by atoms with Gasteiger partial charge in [-0.05, 0) is 55.4 Å². The molecule has 0 aliphatic carbocycles. The molecule has 0 saturated carbocycles. The van der Waals surface area contributed by atoms with Crippen LogP contribution in [0.3, 0.4) is 0 Å². The molecule has 1 aromatic heterocycles. The number of aromatic nitrogens is 2. The lowest BCUT2D eigenvalue weighted by atomic mass is 10.0. The lowest BCUT2D eigenvalue weighted by Crippen LogP contribution is -2.46. The van der Waals surface area contributed by atoms with Crippen LogP contribution in [0, 0.1) is 5.82 Å². The van der Waals surface area contributed by atoms with Gasteiger partial charge < -0.3 is 15.4 Å². The summed E-state index contributed by atoms with van der Waals surface area (Å²) in [5, 5.41) is 11.2. The van der Waals surface area contributed by atoms with Crippen LogP contribution in [0.5, 0.6) is 0 Å². The molecular weight excluding hydrogens is 371 g/mol. The van der Waals surface area contributed by atoms with E-state index in [1.165, 1.54) is 16.3 Å². The van der Waals surface area contributed by atoms with Crippen molar-refractivity contribution in [3.05, 3.63) is 48.3 Å². The molecule has 2 aromatic carbocycles. The molecule has 0 unspecified atom stereocenters. The predicted octanol–water partition coefficient (Wildman–Crippen LogP) is 3.16. The van der Waals surface area contributed by atoms with Crippen LogP contribution in [0.25, 0.3) is 22.2 Å². The normalized spacial score (nSPS) is 19.5. The summed E-state index contributed by atoms with van der Waals surface area (Å²) in [6.07, 6.45) is 0.609. The molecule has 1 aliphatic heterocycles. The number of carbonyl (C=O) groups excluding carboxylic acids is 1. The molecule has 4 rings (SSSR count). The number of rotatable bonds is 4. The van der Waals surface area contributed by atoms with Crippen molar-refractivity contribution < 1.29 is 13.9 Å². The van der Waals surface area contributed by atoms with E-state index in [9.17, 15) is 9.18 Å². The van der Waals surface area contributed by atoms with Crippen molar-refractivity contribution in [2.24, 2.45) is 0 Å². The number of methoxy groups -OCH3 is 1. The zero-order chi connectivity index (χ0) is 19.0. The van der Waals surface area contributed by atoms with E-state index < -0.39 is 5.60 Å². The van der Waals surface area contributed by atoms with Crippen LogP contribution in [0.1, 0.15) is 6.42 Å². The largest absolute Gasteiger partial charge is 0.367 e. The molecule has 1 saturated heterocycles. The average molecular weight is 389 g/mol. The summed E-state index contributed by atoms with van der Waals surface area (Å²) in [4.78, 5) is 12.7. The monoisotopic (exact) mass is 388 g/mol. The van der Waals surface area contributed by atoms with E-state index >= 15 is 0 Å². The SMILES string of the molecule is CO[C@@]1(C(=O)Nc2ccc3c(c2)c(-c2ccc(F)cc2)nn3Cl)CCNC1. The highest BCUT2D eigenvalue weighted by Crippen LogP contribution is 2.31. The maximum absolute atomic E-state index is 13.2. The maximum Gasteiger partial charge on any atom is 0.257 e. The minimum atomic E-state index is -0.870. The van der Waals surface area contributed by atoms with Crippen LogP contribution in [0.15, 0.2) is 42.5 Å². The second-order valence-electron chi connectivity index (χ2n) is 6.53. The average Bonchev–Trinajstić information content (AvgIpc) is 3.28. The number of nitrogens with one attached hydrogen (secondary N) is 2. The molecule has 2 N–H and O–H groups in total. The number of halogens is 2. The van der Waals surface area contributed by atoms with Crippen LogP contribution in [0.2, 0.25) is 0 Å². The van der Waals surface area contributed by atoms with Crippen molar-refractivity contribution >= 4 is 34.3 Å². The van der Waals surface area contributed by atoms with Gasteiger partial charge in [0.2, 0.25) is 0 Å². The highest BCUT2D eigenvalue weighted by atomic mass is 35.5. The van der Waals surface area contributed by atoms with E-state index in [-0.39, 0.29) is 11.7 Å². The lowest BCUT2D eigenvalue weighted by Gasteiger charge is -2.25. The van der Waals surface area contributed by atoms with Crippen molar-refractivity contribution in [3.8, 4) is 11.3 Å². The highest BCUT2D eigenvalue weighted by molar-refractivity contribution is 6.19. The van der Waals surface area contributed by atoms with E-state index in [2.05, 4.69) is 15.7 Å². The van der Waals surface area contributed by atoms with Crippen LogP contribution in [-0.2, 0) is 9.53 Å². The Morgan fingerprint density at radius 3 is 2.78 bits per heavy atom. The molecule has 1 amide bonds. The summed E-state index contributed by atoms with van der Waals surface area (Å²) >= 11 is 6.18. The van der Waals surface area contributed by atoms with E-state index in [1.807, 2.05) is 6.07 Å². The Bertz CT molecular complexity index is 997. The first-order chi connectivity index (χ1) is 13.0. The van der Waals surface area contributed by atoms with Gasteiger partial charge in [-0.1, -0.05) is 0 Å². The number of carbonyl (C=O) groups is 1. The first-order valence-electron chi connectivity index (χ1n) is 8.55. The van der Waals surface area contributed by atoms with Crippen LogP contribution < -0.4 is 10.6 Å². The second-order valence-corrected chi connectivity index (χ2v) is 6.85. The molecule has 8 heteroatoms. The number of anilines is 1. The summed E-state index contributed by atoms with van der Waals surface area (Å²) < 4.78 is 20.0. The molecule has 1 atom stereocenters. The Hall–Kier alpha value is -2.48. The van der Waals surface area contributed by atoms with Gasteiger partial charge in [-0.2, -0.15) is 9.30 Å². The van der Waals surface area contributed by atoms with Crippen molar-refractivity contribution in [2.75, 3.05) is 25.5 Å². The highest BCUT2D eigenvalue weighted by Gasteiger charge is 2.41. The Morgan fingerprint density at radius 1 is 1.33 bits per heavy atom. The molecule has 1 fully saturated rings. The fraction of sp³-hybridized carbons (Fsp3) is 0.263. The summed E-state index contributed by atoms with van der Waals surface area (Å²) in [6.45, 7) is 1.20. The Morgan fingerprint density at radius 2 is 2.11 bits per heavy atom. The minimum Gasteiger partial charge on any atom is -0.367 e. The number of nitrogens with zero attached hydrogens (tertiary/aromatic N) is 2. The van der Waals surface area contributed by atoms with Gasteiger partial charge in [0.15, 0.2) is 5.60 Å². The summed E-state index contributed by atoms with van der Waals surface area (Å²) in [6, 6.07) is 11.4. The molecule has 0 bridgehead atoms. The van der Waals surface area contributed by atoms with Gasteiger partial charge in [-0.25, -0.2) is 4.39 Å². The van der Waals surface area contributed by atoms with Gasteiger partial charge in [0.1, 0.15) is 11.5 Å². The third kappa shape index (κ3) is 3.18. The first kappa shape index (κ1) is 17.9. The zero-order valence-electron chi connectivity index (χ0n) is 14.6. The minimum absolute atomic E-state index is 0.198. The fourth-order valence-corrected chi connectivity index (χ4v) is 3.58. The number of fused-ring (bicyclic) bond motifs is 1. The Labute approximate surface area is 160 Å². The van der Waals surface area contributed by atoms with Gasteiger partial charge in [0, 0.05) is 42.1 Å². The third-order valence-electron chi connectivity index (χ3n) is 4.93. The molecule has 3 aromatic rings. The predicted molar refractivity (Wildman–Crippen MR) is 102 cm³/mol. The molecule has 140 valence electrons. The second kappa shape index (κ2) is 6.92. The van der Waals surface area contributed by atoms with Crippen LogP contribution >= 0.6 is 11.8 Å². The molecule has 2 heterocycles. The smallest absolute Gasteiger partial charge is 0.257 e. The van der Waals surface area contributed by atoms with Gasteiger partial charge >= 0.3 is 0 Å². The summed E-state index contributed by atoms with van der Waals surface area (Å²) in [5.74, 6) is -0.521. The van der Waals surface area contributed by atoms with Gasteiger partial charge in [-0.3, -0.25) is 4.79 Å². The number of hydrogen-bond donors (Lipinski definition) is 2. The van der Waals surface area contributed by atoms with Gasteiger partial charge in [-0.15, -0.1) is 0 Å².